The molecular formula is C42H76N2O7. The number of esters is 1. The van der Waals surface area contributed by atoms with Crippen LogP contribution in [0.3, 0.4) is 0 Å². The van der Waals surface area contributed by atoms with E-state index >= 15 is 0 Å². The average Bonchev–Trinajstić information content (AvgIpc) is 3.11. The molecule has 296 valence electrons. The molecular weight excluding hydrogens is 644 g/mol. The fourth-order valence-corrected chi connectivity index (χ4v) is 5.94. The molecule has 0 aliphatic rings. The van der Waals surface area contributed by atoms with Crippen LogP contribution in [0.1, 0.15) is 194 Å². The summed E-state index contributed by atoms with van der Waals surface area (Å²) in [4.78, 5) is 47.4. The second-order valence-electron chi connectivity index (χ2n) is 14.1. The molecule has 0 fully saturated rings. The molecule has 2 amide bonds. The summed E-state index contributed by atoms with van der Waals surface area (Å²) in [7, 11) is 0. The van der Waals surface area contributed by atoms with Gasteiger partial charge in [-0.25, -0.2) is 4.79 Å². The Bertz CT molecular complexity index is 921. The molecule has 0 aliphatic heterocycles. The third-order valence-electron chi connectivity index (χ3n) is 9.19. The number of hydrogen-bond acceptors (Lipinski definition) is 6. The van der Waals surface area contributed by atoms with Gasteiger partial charge in [-0.05, 0) is 44.6 Å². The summed E-state index contributed by atoms with van der Waals surface area (Å²) in [5.41, 5.74) is 0. The van der Waals surface area contributed by atoms with Crippen molar-refractivity contribution >= 4 is 23.8 Å². The first-order valence-corrected chi connectivity index (χ1v) is 20.7. The predicted octanol–water partition coefficient (Wildman–Crippen LogP) is 9.65. The number of unbranched alkanes of at least 4 members (excludes halogenated alkanes) is 21. The van der Waals surface area contributed by atoms with Crippen LogP contribution < -0.4 is 10.6 Å². The van der Waals surface area contributed by atoms with Gasteiger partial charge in [-0.1, -0.05) is 160 Å². The van der Waals surface area contributed by atoms with E-state index in [1.54, 1.807) is 0 Å². The molecule has 0 aromatic heterocycles. The van der Waals surface area contributed by atoms with Crippen molar-refractivity contribution in [2.45, 2.75) is 206 Å². The largest absolute Gasteiger partial charge is 0.480 e. The van der Waals surface area contributed by atoms with Gasteiger partial charge in [0.15, 0.2) is 0 Å². The van der Waals surface area contributed by atoms with Crippen molar-refractivity contribution in [1.29, 1.82) is 0 Å². The summed E-state index contributed by atoms with van der Waals surface area (Å²) < 4.78 is 5.87. The lowest BCUT2D eigenvalue weighted by Crippen LogP contribution is -2.47. The third-order valence-corrected chi connectivity index (χ3v) is 9.19. The standard InChI is InChI=1S/C42H76N2O7/c1-3-5-7-9-11-12-13-14-15-16-17-18-19-20-22-24-30-34-41(48)51-37(31-27-23-21-10-8-6-4-2)32-28-25-26-29-33-39(46)43-35-40(47)44-38(36-45)42(49)50/h10,21,27,31,37-38,45H,3-9,11-20,22-26,28-30,32-36H2,1-2H3,(H,43,46)(H,44,47)(H,49,50)/b21-10-,31-27-. The molecule has 0 aromatic carbocycles. The molecule has 0 spiro atoms. The Hall–Kier alpha value is -2.68. The smallest absolute Gasteiger partial charge is 0.328 e. The molecule has 9 nitrogen and oxygen atoms in total. The zero-order chi connectivity index (χ0) is 37.6. The summed E-state index contributed by atoms with van der Waals surface area (Å²) in [6, 6.07) is -1.39. The SMILES string of the molecule is CCCC/C=C\C/C=C\C(CCCCCCC(=O)NCC(=O)NC(CO)C(=O)O)OC(=O)CCCCCCCCCCCCCCCCCCC. The van der Waals surface area contributed by atoms with Gasteiger partial charge in [0.2, 0.25) is 11.8 Å². The van der Waals surface area contributed by atoms with Crippen LogP contribution >= 0.6 is 0 Å². The van der Waals surface area contributed by atoms with Crippen LogP contribution in [0.25, 0.3) is 0 Å². The Labute approximate surface area is 311 Å². The van der Waals surface area contributed by atoms with Gasteiger partial charge in [0.25, 0.3) is 0 Å². The number of carboxylic acids is 1. The normalized spacial score (nSPS) is 12.7. The van der Waals surface area contributed by atoms with E-state index in [1.165, 1.54) is 109 Å². The fourth-order valence-electron chi connectivity index (χ4n) is 5.94. The molecule has 0 aliphatic carbocycles. The molecule has 0 rings (SSSR count). The lowest BCUT2D eigenvalue weighted by Gasteiger charge is -2.15. The monoisotopic (exact) mass is 721 g/mol. The number of aliphatic hydroxyl groups excluding tert-OH is 1. The highest BCUT2D eigenvalue weighted by Crippen LogP contribution is 2.16. The van der Waals surface area contributed by atoms with E-state index in [2.05, 4.69) is 42.7 Å². The van der Waals surface area contributed by atoms with E-state index in [-0.39, 0.29) is 30.9 Å². The topological polar surface area (TPSA) is 142 Å². The van der Waals surface area contributed by atoms with Crippen molar-refractivity contribution in [2.24, 2.45) is 0 Å². The maximum atomic E-state index is 12.7. The van der Waals surface area contributed by atoms with Gasteiger partial charge in [0, 0.05) is 12.8 Å². The Morgan fingerprint density at radius 2 is 1.12 bits per heavy atom. The van der Waals surface area contributed by atoms with E-state index in [0.717, 1.165) is 51.4 Å². The van der Waals surface area contributed by atoms with Crippen molar-refractivity contribution in [2.75, 3.05) is 13.2 Å². The molecule has 2 unspecified atom stereocenters. The maximum absolute atomic E-state index is 12.7. The second kappa shape index (κ2) is 37.1. The first-order chi connectivity index (χ1) is 24.8. The summed E-state index contributed by atoms with van der Waals surface area (Å²) in [5, 5.41) is 22.5. The number of ether oxygens (including phenoxy) is 1. The van der Waals surface area contributed by atoms with Gasteiger partial charge in [0.1, 0.15) is 12.1 Å². The number of carbonyl (C=O) groups excluding carboxylic acids is 3. The average molecular weight is 721 g/mol. The summed E-state index contributed by atoms with van der Waals surface area (Å²) in [6.07, 6.45) is 39.5. The van der Waals surface area contributed by atoms with Crippen molar-refractivity contribution in [1.82, 2.24) is 10.6 Å². The number of nitrogens with one attached hydrogen (secondary N) is 2. The minimum atomic E-state index is -1.39. The van der Waals surface area contributed by atoms with E-state index in [4.69, 9.17) is 14.9 Å². The molecule has 51 heavy (non-hydrogen) atoms. The Morgan fingerprint density at radius 3 is 1.65 bits per heavy atom. The predicted molar refractivity (Wildman–Crippen MR) is 208 cm³/mol. The molecule has 9 heteroatoms. The van der Waals surface area contributed by atoms with E-state index < -0.39 is 24.5 Å². The number of aliphatic carboxylic acids is 1. The minimum Gasteiger partial charge on any atom is -0.480 e. The van der Waals surface area contributed by atoms with Crippen molar-refractivity contribution in [3.05, 3.63) is 24.3 Å². The van der Waals surface area contributed by atoms with Gasteiger partial charge in [-0.15, -0.1) is 0 Å². The van der Waals surface area contributed by atoms with E-state index in [0.29, 0.717) is 12.8 Å². The van der Waals surface area contributed by atoms with Gasteiger partial charge < -0.3 is 25.6 Å². The van der Waals surface area contributed by atoms with Crippen molar-refractivity contribution < 1.29 is 34.1 Å². The molecule has 0 saturated carbocycles. The van der Waals surface area contributed by atoms with Gasteiger partial charge in [-0.2, -0.15) is 0 Å². The molecule has 0 aromatic rings. The minimum absolute atomic E-state index is 0.126. The molecule has 0 bridgehead atoms. The van der Waals surface area contributed by atoms with Crippen LogP contribution in [0.4, 0.5) is 0 Å². The highest BCUT2D eigenvalue weighted by atomic mass is 16.5. The number of hydrogen-bond donors (Lipinski definition) is 4. The lowest BCUT2D eigenvalue weighted by molar-refractivity contribution is -0.147. The quantitative estimate of drug-likeness (QED) is 0.0284. The number of allylic oxidation sites excluding steroid dienone is 3. The van der Waals surface area contributed by atoms with Crippen LogP contribution in [-0.4, -0.2) is 59.3 Å². The number of amides is 2. The van der Waals surface area contributed by atoms with Crippen LogP contribution in [0, 0.1) is 0 Å². The summed E-state index contributed by atoms with van der Waals surface area (Å²) in [6.45, 7) is 3.40. The van der Waals surface area contributed by atoms with E-state index in [1.807, 2.05) is 6.08 Å². The highest BCUT2D eigenvalue weighted by Gasteiger charge is 2.18. The molecule has 0 heterocycles. The summed E-state index contributed by atoms with van der Waals surface area (Å²) >= 11 is 0. The molecule has 0 saturated heterocycles. The fraction of sp³-hybridized carbons (Fsp3) is 0.810. The van der Waals surface area contributed by atoms with Crippen LogP contribution in [0.15, 0.2) is 24.3 Å². The van der Waals surface area contributed by atoms with Crippen LogP contribution in [0.5, 0.6) is 0 Å². The maximum Gasteiger partial charge on any atom is 0.328 e. The van der Waals surface area contributed by atoms with Gasteiger partial charge >= 0.3 is 11.9 Å². The number of rotatable bonds is 37. The highest BCUT2D eigenvalue weighted by molar-refractivity contribution is 5.87. The van der Waals surface area contributed by atoms with Crippen LogP contribution in [-0.2, 0) is 23.9 Å². The third kappa shape index (κ3) is 34.2. The Morgan fingerprint density at radius 1 is 0.608 bits per heavy atom. The van der Waals surface area contributed by atoms with Crippen molar-refractivity contribution in [3.8, 4) is 0 Å². The Balaban J connectivity index is 4.18. The number of carboxylic acid groups (broad SMARTS) is 1. The lowest BCUT2D eigenvalue weighted by atomic mass is 10.0. The van der Waals surface area contributed by atoms with Crippen molar-refractivity contribution in [3.63, 3.8) is 0 Å². The molecule has 0 radical (unpaired) electrons. The second-order valence-corrected chi connectivity index (χ2v) is 14.1. The zero-order valence-electron chi connectivity index (χ0n) is 32.6. The number of carbonyl (C=O) groups is 4. The van der Waals surface area contributed by atoms with Gasteiger partial charge in [0.05, 0.1) is 13.2 Å². The Kier molecular flexibility index (Phi) is 35.1. The molecule has 2 atom stereocenters. The zero-order valence-corrected chi connectivity index (χ0v) is 32.6. The molecule has 4 N–H and O–H groups in total. The van der Waals surface area contributed by atoms with Crippen LogP contribution in [0.2, 0.25) is 0 Å². The number of aliphatic hydroxyl groups is 1. The summed E-state index contributed by atoms with van der Waals surface area (Å²) in [5.74, 6) is -2.42. The van der Waals surface area contributed by atoms with E-state index in [9.17, 15) is 19.2 Å². The van der Waals surface area contributed by atoms with Gasteiger partial charge in [-0.3, -0.25) is 14.4 Å². The first kappa shape index (κ1) is 48.3. The first-order valence-electron chi connectivity index (χ1n) is 20.7.